The van der Waals surface area contributed by atoms with Gasteiger partial charge in [-0.2, -0.15) is 0 Å². The molecule has 0 saturated heterocycles. The minimum Gasteiger partial charge on any atom is -0.103 e. The summed E-state index contributed by atoms with van der Waals surface area (Å²) in [5, 5.41) is 0. The molecule has 0 heteroatoms. The highest BCUT2D eigenvalue weighted by molar-refractivity contribution is 5.09. The van der Waals surface area contributed by atoms with Crippen molar-refractivity contribution in [1.82, 2.24) is 0 Å². The molecular formula is C122H250. The minimum atomic E-state index is 0. The van der Waals surface area contributed by atoms with Crippen molar-refractivity contribution in [1.29, 1.82) is 0 Å². The summed E-state index contributed by atoms with van der Waals surface area (Å²) < 4.78 is 0. The maximum atomic E-state index is 4.21. The third-order valence-corrected chi connectivity index (χ3v) is 34.6. The van der Waals surface area contributed by atoms with Crippen molar-refractivity contribution in [2.24, 2.45) is 199 Å². The van der Waals surface area contributed by atoms with E-state index in [0.29, 0.717) is 86.6 Å². The molecule has 0 amide bonds. The van der Waals surface area contributed by atoms with Crippen LogP contribution in [0.3, 0.4) is 0 Å². The van der Waals surface area contributed by atoms with E-state index in [-0.39, 0.29) is 52.0 Å². The summed E-state index contributed by atoms with van der Waals surface area (Å²) in [7, 11) is 0. The zero-order valence-electron chi connectivity index (χ0n) is 89.0. The fraction of sp³-hybridized carbons (Fsp3) is 0.951. The average Bonchev–Trinajstić information content (AvgIpc) is 1.38. The third-order valence-electron chi connectivity index (χ3n) is 34.6. The summed E-state index contributed by atoms with van der Waals surface area (Å²) in [4.78, 5) is 0. The van der Waals surface area contributed by atoms with Gasteiger partial charge in [-0.1, -0.05) is 446 Å². The van der Waals surface area contributed by atoms with E-state index in [1.54, 1.807) is 0 Å². The van der Waals surface area contributed by atoms with Gasteiger partial charge in [0, 0.05) is 0 Å². The molecule has 0 nitrogen and oxygen atoms in total. The minimum absolute atomic E-state index is 0. The van der Waals surface area contributed by atoms with E-state index in [2.05, 4.69) is 364 Å². The Kier molecular flexibility index (Phi) is 54.5. The van der Waals surface area contributed by atoms with Crippen molar-refractivity contribution >= 4 is 0 Å². The average molecular weight is 1720 g/mol. The molecule has 7 saturated carbocycles. The Labute approximate surface area is 782 Å². The monoisotopic (exact) mass is 1720 g/mol. The molecule has 8 aliphatic rings. The van der Waals surface area contributed by atoms with Gasteiger partial charge in [0.2, 0.25) is 0 Å². The first kappa shape index (κ1) is 132. The summed E-state index contributed by atoms with van der Waals surface area (Å²) >= 11 is 0. The van der Waals surface area contributed by atoms with Crippen LogP contribution in [0.25, 0.3) is 0 Å². The predicted molar refractivity (Wildman–Crippen MR) is 573 cm³/mol. The van der Waals surface area contributed by atoms with Crippen molar-refractivity contribution in [3.05, 3.63) is 37.0 Å². The molecule has 20 atom stereocenters. The number of allylic oxidation sites excluding steroid dienone is 4. The predicted octanol–water partition coefficient (Wildman–Crippen LogP) is 43.4. The Balaban J connectivity index is -0.000000319. The van der Waals surface area contributed by atoms with Gasteiger partial charge in [0.1, 0.15) is 0 Å². The molecule has 0 aliphatic heterocycles. The van der Waals surface area contributed by atoms with Crippen molar-refractivity contribution in [3.63, 3.8) is 0 Å². The van der Waals surface area contributed by atoms with Crippen LogP contribution in [0.15, 0.2) is 37.0 Å². The molecular weight excluding hydrogens is 1470 g/mol. The van der Waals surface area contributed by atoms with E-state index in [1.807, 2.05) is 0 Å². The zero-order chi connectivity index (χ0) is 90.1. The van der Waals surface area contributed by atoms with Gasteiger partial charge >= 0.3 is 0 Å². The molecule has 0 spiro atoms. The van der Waals surface area contributed by atoms with Crippen LogP contribution in [-0.4, -0.2) is 0 Å². The Morgan fingerprint density at radius 1 is 0.328 bits per heavy atom. The van der Waals surface area contributed by atoms with Crippen LogP contribution in [0.4, 0.5) is 0 Å². The first-order chi connectivity index (χ1) is 51.3. The molecule has 122 heavy (non-hydrogen) atoms. The maximum Gasteiger partial charge on any atom is -0.0205 e. The van der Waals surface area contributed by atoms with Crippen LogP contribution in [0.1, 0.15) is 551 Å². The smallest absolute Gasteiger partial charge is 0.0205 e. The highest BCUT2D eigenvalue weighted by atomic mass is 14.6. The standard InChI is InChI=1S/C18H36.C18H34.C16H32.C16H30.C16H32.C16H30.C15H28.7CH4/c2*1-13(2)14-10-11-18(9,17(6,7)8)15(12-14)16(3,4)5;2*1-15(2,3)13-11-9-7-8-10-12-14(13)16(4,5)6;2*1-8-12-9-10-13(15(2,3)4)14(11-12)16(5,6)7;1-14(2,3)12-10-7-8-11(9-10)13(12)15(4,5)6;;;;;;;/h13-15H,10-12H2,1-9H3;14-15H,1,10-12H2,2-9H3;13-14H,7-12H2,1-6H3;7-8,13-14H,9-12H2,1-6H3;12-14H,8-11H2,1-7H3;8,12-14H,1,9-11H2,2-7H3;10-13H,7-9H2,1-6H3;7*1H4. The van der Waals surface area contributed by atoms with E-state index in [4.69, 9.17) is 0 Å². The molecule has 8 rings (SSSR count). The first-order valence-corrected chi connectivity index (χ1v) is 50.2. The quantitative estimate of drug-likeness (QED) is 0.246. The first-order valence-electron chi connectivity index (χ1n) is 50.2. The Bertz CT molecular complexity index is 2680. The van der Waals surface area contributed by atoms with Crippen LogP contribution in [-0.2, 0) is 0 Å². The van der Waals surface area contributed by atoms with Gasteiger partial charge < -0.3 is 0 Å². The highest BCUT2D eigenvalue weighted by Gasteiger charge is 2.57. The van der Waals surface area contributed by atoms with E-state index in [1.165, 1.54) is 173 Å². The van der Waals surface area contributed by atoms with Gasteiger partial charge in [0.15, 0.2) is 0 Å². The van der Waals surface area contributed by atoms with Crippen molar-refractivity contribution < 1.29 is 0 Å². The molecule has 0 radical (unpaired) electrons. The topological polar surface area (TPSA) is 0 Å². The van der Waals surface area contributed by atoms with Crippen molar-refractivity contribution in [2.45, 2.75) is 551 Å². The van der Waals surface area contributed by atoms with E-state index in [0.717, 1.165) is 112 Å². The summed E-state index contributed by atoms with van der Waals surface area (Å²) in [5.41, 5.74) is 8.64. The fourth-order valence-electron chi connectivity index (χ4n) is 26.8. The van der Waals surface area contributed by atoms with E-state index < -0.39 is 0 Å². The second-order valence-corrected chi connectivity index (χ2v) is 57.7. The summed E-state index contributed by atoms with van der Waals surface area (Å²) in [5.74, 6) is 17.0. The molecule has 20 unspecified atom stereocenters. The Hall–Kier alpha value is -0.780. The molecule has 0 aromatic carbocycles. The van der Waals surface area contributed by atoms with Gasteiger partial charge in [-0.25, -0.2) is 0 Å². The lowest BCUT2D eigenvalue weighted by atomic mass is 9.48. The SMILES string of the molecule is C.C.C.C.C.C.C.C=C(C)C1CCC(C)(C(C)(C)C)C(C(C)(C)C)C1.C=CC1CCC(C(C)(C)C)C(C(C)(C)C)C1.CC(C)(C)C1C2CCC(C2)C1C(C)(C)C.CC(C)(C)C1CCC=CCCC1C(C)(C)C.CC(C)(C)C1CCCCCCC1C(C)(C)C.CC(C)C1CCC(C)(C(C)(C)C)C(C(C)(C)C)C1.CCC1CCC(C(C)(C)C)C(C(C)(C)C)C1. The van der Waals surface area contributed by atoms with Gasteiger partial charge in [-0.05, 0) is 334 Å². The molecule has 738 valence electrons. The molecule has 2 bridgehead atoms. The van der Waals surface area contributed by atoms with Gasteiger partial charge in [-0.3, -0.25) is 0 Å². The van der Waals surface area contributed by atoms with Crippen molar-refractivity contribution in [3.8, 4) is 0 Å². The van der Waals surface area contributed by atoms with Crippen molar-refractivity contribution in [2.75, 3.05) is 0 Å². The second-order valence-electron chi connectivity index (χ2n) is 57.7. The molecule has 7 fully saturated rings. The van der Waals surface area contributed by atoms with Crippen LogP contribution < -0.4 is 0 Å². The van der Waals surface area contributed by atoms with E-state index >= 15 is 0 Å². The number of hydrogen-bond acceptors (Lipinski definition) is 0. The Morgan fingerprint density at radius 3 is 0.902 bits per heavy atom. The second kappa shape index (κ2) is 50.4. The van der Waals surface area contributed by atoms with Crippen LogP contribution in [0.2, 0.25) is 0 Å². The molecule has 0 aromatic heterocycles. The molecule has 0 aromatic rings. The lowest BCUT2D eigenvalue weighted by Gasteiger charge is -2.57. The number of fused-ring (bicyclic) bond motifs is 2. The van der Waals surface area contributed by atoms with Gasteiger partial charge in [0.25, 0.3) is 0 Å². The third kappa shape index (κ3) is 39.2. The summed E-state index contributed by atoms with van der Waals surface area (Å²) in [6.07, 6.45) is 43.6. The van der Waals surface area contributed by atoms with Crippen LogP contribution in [0, 0.1) is 199 Å². The summed E-state index contributed by atoms with van der Waals surface area (Å²) in [6, 6.07) is 0. The largest absolute Gasteiger partial charge is 0.103 e. The van der Waals surface area contributed by atoms with Gasteiger partial charge in [0.05, 0.1) is 0 Å². The van der Waals surface area contributed by atoms with E-state index in [9.17, 15) is 0 Å². The maximum absolute atomic E-state index is 4.21. The number of hydrogen-bond donors (Lipinski definition) is 0. The fourth-order valence-corrected chi connectivity index (χ4v) is 26.8. The molecule has 0 N–H and O–H groups in total. The number of rotatable bonds is 4. The van der Waals surface area contributed by atoms with Crippen LogP contribution in [0.5, 0.6) is 0 Å². The van der Waals surface area contributed by atoms with Gasteiger partial charge in [-0.15, -0.1) is 6.58 Å². The highest BCUT2D eigenvalue weighted by Crippen LogP contribution is 2.65. The lowest BCUT2D eigenvalue weighted by Crippen LogP contribution is -2.49. The zero-order valence-corrected chi connectivity index (χ0v) is 89.0. The van der Waals surface area contributed by atoms with Crippen LogP contribution >= 0.6 is 0 Å². The molecule has 8 aliphatic carbocycles. The normalized spacial score (nSPS) is 31.5. The molecule has 0 heterocycles. The Morgan fingerprint density at radius 2 is 0.623 bits per heavy atom. The lowest BCUT2D eigenvalue weighted by molar-refractivity contribution is -0.0787. The summed E-state index contributed by atoms with van der Waals surface area (Å²) in [6.45, 7) is 125.